The van der Waals surface area contributed by atoms with Gasteiger partial charge in [0.25, 0.3) is 0 Å². The minimum atomic E-state index is 0.770. The number of hydrogen-bond acceptors (Lipinski definition) is 1. The molecule has 2 aliphatic carbocycles. The predicted octanol–water partition coefficient (Wildman–Crippen LogP) is 2.52. The summed E-state index contributed by atoms with van der Waals surface area (Å²) >= 11 is 0. The Hall–Kier alpha value is -0.0400. The highest BCUT2D eigenvalue weighted by molar-refractivity contribution is 4.93. The molecule has 2 fully saturated rings. The summed E-state index contributed by atoms with van der Waals surface area (Å²) in [7, 11) is 0. The van der Waals surface area contributed by atoms with Crippen molar-refractivity contribution in [3.05, 3.63) is 6.42 Å². The van der Waals surface area contributed by atoms with Gasteiger partial charge in [-0.15, -0.1) is 0 Å². The van der Waals surface area contributed by atoms with Crippen LogP contribution in [0.5, 0.6) is 0 Å². The summed E-state index contributed by atoms with van der Waals surface area (Å²) in [4.78, 5) is 0. The largest absolute Gasteiger partial charge is 0.313 e. The minimum absolute atomic E-state index is 0.770. The molecule has 1 N–H and O–H groups in total. The van der Waals surface area contributed by atoms with Crippen LogP contribution in [0.3, 0.4) is 0 Å². The third kappa shape index (κ3) is 2.22. The summed E-state index contributed by atoms with van der Waals surface area (Å²) < 4.78 is 0. The summed E-state index contributed by atoms with van der Waals surface area (Å²) in [6, 6.07) is 0.770. The summed E-state index contributed by atoms with van der Waals surface area (Å²) in [6.07, 6.45) is 12.5. The smallest absolute Gasteiger partial charge is 0.00987 e. The normalized spacial score (nSPS) is 27.0. The van der Waals surface area contributed by atoms with Gasteiger partial charge in [0.1, 0.15) is 0 Å². The molecule has 12 heavy (non-hydrogen) atoms. The first-order valence-corrected chi connectivity index (χ1v) is 5.52. The predicted molar refractivity (Wildman–Crippen MR) is 51.9 cm³/mol. The molecule has 0 aliphatic heterocycles. The molecule has 1 atom stereocenters. The van der Waals surface area contributed by atoms with Crippen molar-refractivity contribution in [3.63, 3.8) is 0 Å². The van der Waals surface area contributed by atoms with E-state index in [1.54, 1.807) is 0 Å². The highest BCUT2D eigenvalue weighted by Gasteiger charge is 2.19. The van der Waals surface area contributed by atoms with E-state index in [4.69, 9.17) is 0 Å². The Morgan fingerprint density at radius 3 is 2.42 bits per heavy atom. The van der Waals surface area contributed by atoms with Gasteiger partial charge in [0.05, 0.1) is 0 Å². The van der Waals surface area contributed by atoms with Crippen LogP contribution in [0.2, 0.25) is 0 Å². The van der Waals surface area contributed by atoms with Gasteiger partial charge in [0.2, 0.25) is 0 Å². The summed E-state index contributed by atoms with van der Waals surface area (Å²) in [5.41, 5.74) is 0. The number of hydrogen-bond donors (Lipinski definition) is 1. The van der Waals surface area contributed by atoms with Crippen molar-refractivity contribution in [1.82, 2.24) is 5.32 Å². The molecule has 0 spiro atoms. The molecule has 0 aromatic heterocycles. The molecule has 2 rings (SSSR count). The van der Waals surface area contributed by atoms with E-state index in [1.165, 1.54) is 51.5 Å². The molecule has 1 radical (unpaired) electrons. The van der Waals surface area contributed by atoms with E-state index < -0.39 is 0 Å². The molecule has 0 bridgehead atoms. The Labute approximate surface area is 75.9 Å². The van der Waals surface area contributed by atoms with E-state index >= 15 is 0 Å². The standard InChI is InChI=1S/C11H20N/c1-2-5-10(6-3-1)9-12-11-7-4-8-11/h7,10-12H,1-6,8-9H2. The highest BCUT2D eigenvalue weighted by Crippen LogP contribution is 2.24. The molecule has 0 aromatic carbocycles. The monoisotopic (exact) mass is 166 g/mol. The van der Waals surface area contributed by atoms with Crippen LogP contribution >= 0.6 is 0 Å². The van der Waals surface area contributed by atoms with Crippen LogP contribution in [-0.2, 0) is 0 Å². The summed E-state index contributed by atoms with van der Waals surface area (Å²) in [6.45, 7) is 1.28. The zero-order valence-corrected chi connectivity index (χ0v) is 7.89. The average molecular weight is 166 g/mol. The average Bonchev–Trinajstić information content (AvgIpc) is 2.04. The Bertz CT molecular complexity index is 123. The molecule has 0 aromatic rings. The Kier molecular flexibility index (Phi) is 3.04. The van der Waals surface area contributed by atoms with E-state index in [9.17, 15) is 0 Å². The fourth-order valence-electron chi connectivity index (χ4n) is 2.23. The van der Waals surface area contributed by atoms with Gasteiger partial charge in [-0.25, -0.2) is 0 Å². The van der Waals surface area contributed by atoms with E-state index in [1.807, 2.05) is 0 Å². The molecular formula is C11H20N. The Balaban J connectivity index is 1.58. The van der Waals surface area contributed by atoms with Crippen molar-refractivity contribution < 1.29 is 0 Å². The van der Waals surface area contributed by atoms with Crippen LogP contribution in [0, 0.1) is 12.3 Å². The van der Waals surface area contributed by atoms with Crippen LogP contribution < -0.4 is 5.32 Å². The van der Waals surface area contributed by atoms with E-state index in [0.29, 0.717) is 0 Å². The fourth-order valence-corrected chi connectivity index (χ4v) is 2.23. The summed E-state index contributed by atoms with van der Waals surface area (Å²) in [5.74, 6) is 0.993. The minimum Gasteiger partial charge on any atom is -0.313 e. The molecule has 69 valence electrons. The van der Waals surface area contributed by atoms with Gasteiger partial charge in [0, 0.05) is 6.04 Å². The van der Waals surface area contributed by atoms with Crippen molar-refractivity contribution in [2.45, 2.75) is 51.0 Å². The van der Waals surface area contributed by atoms with Crippen molar-refractivity contribution in [1.29, 1.82) is 0 Å². The zero-order valence-electron chi connectivity index (χ0n) is 7.89. The SMILES string of the molecule is [CH]1CCC1NCC1CCCCC1. The molecule has 1 unspecified atom stereocenters. The van der Waals surface area contributed by atoms with Gasteiger partial charge in [-0.2, -0.15) is 0 Å². The van der Waals surface area contributed by atoms with Crippen molar-refractivity contribution >= 4 is 0 Å². The van der Waals surface area contributed by atoms with Gasteiger partial charge in [-0.3, -0.25) is 0 Å². The Morgan fingerprint density at radius 1 is 1.08 bits per heavy atom. The molecule has 2 aliphatic rings. The van der Waals surface area contributed by atoms with Crippen LogP contribution in [0.15, 0.2) is 0 Å². The van der Waals surface area contributed by atoms with Crippen LogP contribution in [0.4, 0.5) is 0 Å². The number of nitrogens with one attached hydrogen (secondary N) is 1. The fraction of sp³-hybridized carbons (Fsp3) is 0.909. The van der Waals surface area contributed by atoms with Gasteiger partial charge in [0.15, 0.2) is 0 Å². The third-order valence-electron chi connectivity index (χ3n) is 3.32. The second kappa shape index (κ2) is 4.27. The molecule has 1 heteroatoms. The molecule has 0 amide bonds. The lowest BCUT2D eigenvalue weighted by molar-refractivity contribution is 0.315. The van der Waals surface area contributed by atoms with Gasteiger partial charge in [-0.1, -0.05) is 19.3 Å². The third-order valence-corrected chi connectivity index (χ3v) is 3.32. The zero-order chi connectivity index (χ0) is 8.23. The lowest BCUT2D eigenvalue weighted by Gasteiger charge is -2.30. The molecule has 1 nitrogen and oxygen atoms in total. The molecular weight excluding hydrogens is 146 g/mol. The van der Waals surface area contributed by atoms with Crippen LogP contribution in [0.25, 0.3) is 0 Å². The molecule has 2 saturated carbocycles. The van der Waals surface area contributed by atoms with Crippen LogP contribution in [0.1, 0.15) is 44.9 Å². The molecule has 0 saturated heterocycles. The Morgan fingerprint density at radius 2 is 1.83 bits per heavy atom. The second-order valence-electron chi connectivity index (χ2n) is 4.33. The maximum Gasteiger partial charge on any atom is 0.00987 e. The maximum absolute atomic E-state index is 3.63. The topological polar surface area (TPSA) is 12.0 Å². The van der Waals surface area contributed by atoms with Crippen LogP contribution in [-0.4, -0.2) is 12.6 Å². The lowest BCUT2D eigenvalue weighted by Crippen LogP contribution is -2.39. The molecule has 0 heterocycles. The van der Waals surface area contributed by atoms with Gasteiger partial charge < -0.3 is 5.32 Å². The van der Waals surface area contributed by atoms with Crippen molar-refractivity contribution in [3.8, 4) is 0 Å². The first-order valence-electron chi connectivity index (χ1n) is 5.52. The van der Waals surface area contributed by atoms with Crippen molar-refractivity contribution in [2.75, 3.05) is 6.54 Å². The van der Waals surface area contributed by atoms with Gasteiger partial charge >= 0.3 is 0 Å². The lowest BCUT2D eigenvalue weighted by atomic mass is 9.87. The first-order chi connectivity index (χ1) is 5.95. The van der Waals surface area contributed by atoms with E-state index in [-0.39, 0.29) is 0 Å². The number of rotatable bonds is 3. The van der Waals surface area contributed by atoms with E-state index in [0.717, 1.165) is 12.0 Å². The second-order valence-corrected chi connectivity index (χ2v) is 4.33. The highest BCUT2D eigenvalue weighted by atomic mass is 14.9. The quantitative estimate of drug-likeness (QED) is 0.679. The van der Waals surface area contributed by atoms with Gasteiger partial charge in [-0.05, 0) is 44.6 Å². The first kappa shape index (κ1) is 8.55. The van der Waals surface area contributed by atoms with E-state index in [2.05, 4.69) is 11.7 Å². The van der Waals surface area contributed by atoms with Crippen molar-refractivity contribution in [2.24, 2.45) is 5.92 Å². The maximum atomic E-state index is 3.63. The summed E-state index contributed by atoms with van der Waals surface area (Å²) in [5, 5.41) is 3.63.